The van der Waals surface area contributed by atoms with Crippen LogP contribution in [0.25, 0.3) is 0 Å². The molecule has 1 aromatic carbocycles. The molecule has 0 bridgehead atoms. The number of aryl methyl sites for hydroxylation is 1. The molecule has 1 fully saturated rings. The summed E-state index contributed by atoms with van der Waals surface area (Å²) >= 11 is 0. The van der Waals surface area contributed by atoms with Gasteiger partial charge in [-0.3, -0.25) is 4.79 Å². The van der Waals surface area contributed by atoms with Crippen molar-refractivity contribution >= 4 is 11.9 Å². The highest BCUT2D eigenvalue weighted by Gasteiger charge is 2.24. The molecule has 0 spiro atoms. The number of unbranched alkanes of at least 4 members (excludes halogenated alkanes) is 2. The van der Waals surface area contributed by atoms with E-state index in [0.717, 1.165) is 31.4 Å². The Labute approximate surface area is 192 Å². The van der Waals surface area contributed by atoms with Crippen molar-refractivity contribution in [3.05, 3.63) is 35.4 Å². The van der Waals surface area contributed by atoms with Gasteiger partial charge in [0, 0.05) is 38.3 Å². The Kier molecular flexibility index (Phi) is 21.3. The van der Waals surface area contributed by atoms with Crippen LogP contribution in [0.5, 0.6) is 0 Å². The quantitative estimate of drug-likeness (QED) is 0.527. The highest BCUT2D eigenvalue weighted by atomic mass is 16.2. The molecule has 3 amide bonds. The van der Waals surface area contributed by atoms with Crippen LogP contribution in [0.1, 0.15) is 97.0 Å². The van der Waals surface area contributed by atoms with Crippen molar-refractivity contribution in [3.63, 3.8) is 0 Å². The number of piperazine rings is 1. The minimum absolute atomic E-state index is 0.0159. The third-order valence-corrected chi connectivity index (χ3v) is 4.77. The molecule has 1 aliphatic heterocycles. The maximum Gasteiger partial charge on any atom is 0.317 e. The van der Waals surface area contributed by atoms with Crippen LogP contribution in [-0.2, 0) is 6.42 Å². The van der Waals surface area contributed by atoms with E-state index in [1.165, 1.54) is 18.4 Å². The fraction of sp³-hybridized carbons (Fsp3) is 0.692. The molecule has 1 N–H and O–H groups in total. The van der Waals surface area contributed by atoms with Gasteiger partial charge < -0.3 is 15.1 Å². The van der Waals surface area contributed by atoms with Gasteiger partial charge in [0.05, 0.1) is 0 Å². The Bertz CT molecular complexity index is 548. The number of hydrogen-bond donors (Lipinski definition) is 1. The zero-order chi connectivity index (χ0) is 24.1. The molecule has 0 aliphatic carbocycles. The normalized spacial score (nSPS) is 12.3. The molecular weight excluding hydrogens is 386 g/mol. The Balaban J connectivity index is 0. The second kappa shape index (κ2) is 21.2. The van der Waals surface area contributed by atoms with Gasteiger partial charge in [0.15, 0.2) is 0 Å². The molecule has 1 aromatic rings. The zero-order valence-corrected chi connectivity index (χ0v) is 21.6. The van der Waals surface area contributed by atoms with E-state index in [1.54, 1.807) is 4.90 Å². The minimum atomic E-state index is -0.0159. The number of carbonyl (C=O) groups excluding carboxylic acids is 2. The van der Waals surface area contributed by atoms with Crippen molar-refractivity contribution in [3.8, 4) is 0 Å². The van der Waals surface area contributed by atoms with Crippen LogP contribution < -0.4 is 5.32 Å². The summed E-state index contributed by atoms with van der Waals surface area (Å²) in [5.74, 6) is 0.0543. The molecule has 1 heterocycles. The van der Waals surface area contributed by atoms with Gasteiger partial charge in [-0.15, -0.1) is 0 Å². The smallest absolute Gasteiger partial charge is 0.317 e. The average Bonchev–Trinajstić information content (AvgIpc) is 2.86. The maximum absolute atomic E-state index is 12.5. The first-order valence-electron chi connectivity index (χ1n) is 12.5. The van der Waals surface area contributed by atoms with E-state index in [-0.39, 0.29) is 11.9 Å². The van der Waals surface area contributed by atoms with Gasteiger partial charge in [-0.25, -0.2) is 4.79 Å². The molecule has 5 heteroatoms. The van der Waals surface area contributed by atoms with Crippen molar-refractivity contribution in [1.29, 1.82) is 0 Å². The summed E-state index contributed by atoms with van der Waals surface area (Å²) in [5, 5.41) is 2.93. The van der Waals surface area contributed by atoms with Gasteiger partial charge in [-0.1, -0.05) is 86.8 Å². The summed E-state index contributed by atoms with van der Waals surface area (Å²) in [6, 6.07) is 7.78. The van der Waals surface area contributed by atoms with E-state index in [0.29, 0.717) is 26.2 Å². The van der Waals surface area contributed by atoms with Crippen LogP contribution in [0.4, 0.5) is 4.79 Å². The van der Waals surface area contributed by atoms with Crippen molar-refractivity contribution in [1.82, 2.24) is 15.1 Å². The molecular formula is C26H49N3O2. The third-order valence-electron chi connectivity index (χ3n) is 4.77. The van der Waals surface area contributed by atoms with E-state index in [2.05, 4.69) is 33.0 Å². The van der Waals surface area contributed by atoms with E-state index < -0.39 is 0 Å². The summed E-state index contributed by atoms with van der Waals surface area (Å²) < 4.78 is 0. The number of benzene rings is 1. The molecule has 31 heavy (non-hydrogen) atoms. The topological polar surface area (TPSA) is 52.7 Å². The number of nitrogens with zero attached hydrogens (tertiary/aromatic N) is 2. The van der Waals surface area contributed by atoms with Gasteiger partial charge in [-0.05, 0) is 30.5 Å². The van der Waals surface area contributed by atoms with Crippen LogP contribution in [0.3, 0.4) is 0 Å². The predicted octanol–water partition coefficient (Wildman–Crippen LogP) is 6.38. The van der Waals surface area contributed by atoms with Crippen molar-refractivity contribution in [2.75, 3.05) is 32.7 Å². The van der Waals surface area contributed by atoms with Crippen LogP contribution >= 0.6 is 0 Å². The Morgan fingerprint density at radius 3 is 1.68 bits per heavy atom. The van der Waals surface area contributed by atoms with Crippen LogP contribution in [0.15, 0.2) is 24.3 Å². The van der Waals surface area contributed by atoms with E-state index >= 15 is 0 Å². The summed E-state index contributed by atoms with van der Waals surface area (Å²) in [5.41, 5.74) is 1.96. The van der Waals surface area contributed by atoms with E-state index in [9.17, 15) is 9.59 Å². The van der Waals surface area contributed by atoms with E-state index in [4.69, 9.17) is 0 Å². The van der Waals surface area contributed by atoms with Crippen molar-refractivity contribution in [2.24, 2.45) is 0 Å². The first-order chi connectivity index (χ1) is 15.1. The predicted molar refractivity (Wildman–Crippen MR) is 135 cm³/mol. The maximum atomic E-state index is 12.5. The summed E-state index contributed by atoms with van der Waals surface area (Å²) in [6.45, 7) is 19.7. The number of hydrogen-bond acceptors (Lipinski definition) is 2. The number of nitrogens with one attached hydrogen (secondary N) is 1. The number of carbonyl (C=O) groups is 2. The lowest BCUT2D eigenvalue weighted by Crippen LogP contribution is -2.53. The molecule has 5 nitrogen and oxygen atoms in total. The first kappa shape index (κ1) is 31.1. The largest absolute Gasteiger partial charge is 0.338 e. The lowest BCUT2D eigenvalue weighted by atomic mass is 10.1. The number of urea groups is 1. The van der Waals surface area contributed by atoms with Gasteiger partial charge >= 0.3 is 6.03 Å². The summed E-state index contributed by atoms with van der Waals surface area (Å²) in [4.78, 5) is 28.1. The number of rotatable bonds is 6. The molecule has 0 atom stereocenters. The van der Waals surface area contributed by atoms with Crippen molar-refractivity contribution in [2.45, 2.75) is 87.5 Å². The minimum Gasteiger partial charge on any atom is -0.338 e. The highest BCUT2D eigenvalue weighted by Crippen LogP contribution is 2.11. The zero-order valence-electron chi connectivity index (χ0n) is 21.6. The average molecular weight is 436 g/mol. The molecule has 0 saturated carbocycles. The molecule has 0 radical (unpaired) electrons. The molecule has 0 aromatic heterocycles. The molecule has 0 unspecified atom stereocenters. The Morgan fingerprint density at radius 1 is 0.774 bits per heavy atom. The van der Waals surface area contributed by atoms with Crippen LogP contribution in [-0.4, -0.2) is 54.5 Å². The van der Waals surface area contributed by atoms with Gasteiger partial charge in [0.1, 0.15) is 0 Å². The fourth-order valence-corrected chi connectivity index (χ4v) is 2.66. The molecule has 2 rings (SSSR count). The monoisotopic (exact) mass is 435 g/mol. The Hall–Kier alpha value is -2.04. The van der Waals surface area contributed by atoms with Crippen molar-refractivity contribution < 1.29 is 9.59 Å². The Morgan fingerprint density at radius 2 is 1.26 bits per heavy atom. The van der Waals surface area contributed by atoms with E-state index in [1.807, 2.05) is 56.9 Å². The first-order valence-corrected chi connectivity index (χ1v) is 12.5. The number of amides is 3. The second-order valence-corrected chi connectivity index (χ2v) is 6.92. The lowest BCUT2D eigenvalue weighted by molar-refractivity contribution is 0.0665. The lowest BCUT2D eigenvalue weighted by Gasteiger charge is -2.34. The van der Waals surface area contributed by atoms with Crippen LogP contribution in [0.2, 0.25) is 0 Å². The molecule has 180 valence electrons. The van der Waals surface area contributed by atoms with Gasteiger partial charge in [-0.2, -0.15) is 0 Å². The van der Waals surface area contributed by atoms with Gasteiger partial charge in [0.2, 0.25) is 0 Å². The summed E-state index contributed by atoms with van der Waals surface area (Å²) in [6.07, 6.45) is 5.68. The highest BCUT2D eigenvalue weighted by molar-refractivity contribution is 5.94. The third kappa shape index (κ3) is 13.1. The molecule has 1 saturated heterocycles. The standard InChI is InChI=1S/C18H27N3O2.C4H10.2C2H6/c1-3-5-10-19-18(23)21-13-11-20(12-14-21)17(22)16-8-6-15(4-2)7-9-16;1-3-4-2;2*1-2/h6-9H,3-5,10-14H2,1-2H3,(H,19,23);3-4H2,1-2H3;2*1-2H3. The van der Waals surface area contributed by atoms with Crippen LogP contribution in [0, 0.1) is 0 Å². The SMILES string of the molecule is CC.CC.CCCC.CCCCNC(=O)N1CCN(C(=O)c2ccc(CC)cc2)CC1. The molecule has 1 aliphatic rings. The fourth-order valence-electron chi connectivity index (χ4n) is 2.66. The summed E-state index contributed by atoms with van der Waals surface area (Å²) in [7, 11) is 0. The van der Waals surface area contributed by atoms with Gasteiger partial charge in [0.25, 0.3) is 5.91 Å². The second-order valence-electron chi connectivity index (χ2n) is 6.92.